The molecule has 0 radical (unpaired) electrons. The molecule has 0 unspecified atom stereocenters. The highest BCUT2D eigenvalue weighted by Gasteiger charge is 2.31. The van der Waals surface area contributed by atoms with Gasteiger partial charge in [0.15, 0.2) is 0 Å². The lowest BCUT2D eigenvalue weighted by Crippen LogP contribution is -2.39. The second kappa shape index (κ2) is 6.97. The van der Waals surface area contributed by atoms with E-state index in [0.29, 0.717) is 31.5 Å². The third kappa shape index (κ3) is 4.75. The van der Waals surface area contributed by atoms with E-state index in [-0.39, 0.29) is 24.0 Å². The molecule has 1 aromatic rings. The fourth-order valence-electron chi connectivity index (χ4n) is 3.21. The summed E-state index contributed by atoms with van der Waals surface area (Å²) < 4.78 is 51.5. The van der Waals surface area contributed by atoms with E-state index in [1.165, 1.54) is 22.7 Å². The average molecular weight is 345 g/mol. The summed E-state index contributed by atoms with van der Waals surface area (Å²) in [5.41, 5.74) is 0.468. The Labute approximate surface area is 135 Å². The van der Waals surface area contributed by atoms with Crippen LogP contribution in [-0.2, 0) is 10.0 Å². The van der Waals surface area contributed by atoms with E-state index in [4.69, 9.17) is 0 Å². The maximum absolute atomic E-state index is 13.5. The molecule has 1 saturated heterocycles. The van der Waals surface area contributed by atoms with Crippen molar-refractivity contribution in [2.24, 2.45) is 5.92 Å². The number of allylic oxidation sites excluding steroid dienone is 1. The molecule has 0 aliphatic carbocycles. The summed E-state index contributed by atoms with van der Waals surface area (Å²) in [5.74, 6) is -1.65. The first kappa shape index (κ1) is 17.9. The van der Waals surface area contributed by atoms with Gasteiger partial charge in [0.25, 0.3) is 0 Å². The second-order valence-corrected chi connectivity index (χ2v) is 8.06. The minimum Gasteiger partial charge on any atom is -0.513 e. The molecule has 0 aromatic heterocycles. The van der Waals surface area contributed by atoms with Crippen LogP contribution in [0, 0.1) is 17.6 Å². The normalized spacial score (nSPS) is 18.7. The third-order valence-corrected chi connectivity index (χ3v) is 5.61. The molecule has 23 heavy (non-hydrogen) atoms. The first-order valence-electron chi connectivity index (χ1n) is 7.44. The Hall–Kier alpha value is -1.47. The number of benzene rings is 1. The standard InChI is InChI=1S/C16H21F2NO3S/c1-11(20)7-16(13-8-14(17)10-15(18)9-13)12-3-5-19(6-4-12)23(2,21)22/h8-10,12,16,20H,1,3-7H2,2H3/t16-/m1/s1. The highest BCUT2D eigenvalue weighted by atomic mass is 32.2. The van der Waals surface area contributed by atoms with Gasteiger partial charge in [0.05, 0.1) is 12.0 Å². The molecule has 0 amide bonds. The van der Waals surface area contributed by atoms with Gasteiger partial charge in [-0.25, -0.2) is 21.5 Å². The summed E-state index contributed by atoms with van der Waals surface area (Å²) in [6.07, 6.45) is 2.51. The molecule has 1 N–H and O–H groups in total. The summed E-state index contributed by atoms with van der Waals surface area (Å²) in [7, 11) is -3.23. The van der Waals surface area contributed by atoms with Crippen LogP contribution in [0.25, 0.3) is 0 Å². The van der Waals surface area contributed by atoms with E-state index in [2.05, 4.69) is 6.58 Å². The zero-order chi connectivity index (χ0) is 17.2. The Bertz CT molecular complexity index is 662. The van der Waals surface area contributed by atoms with E-state index in [1.807, 2.05) is 0 Å². The molecule has 1 aliphatic rings. The van der Waals surface area contributed by atoms with Crippen LogP contribution in [0.15, 0.2) is 30.5 Å². The van der Waals surface area contributed by atoms with Gasteiger partial charge in [-0.2, -0.15) is 0 Å². The SMILES string of the molecule is C=C(O)C[C@@H](c1cc(F)cc(F)c1)C1CCN(S(C)(=O)=O)CC1. The molecule has 4 nitrogen and oxygen atoms in total. The van der Waals surface area contributed by atoms with Crippen LogP contribution in [0.1, 0.15) is 30.7 Å². The first-order chi connectivity index (χ1) is 10.7. The quantitative estimate of drug-likeness (QED) is 0.834. The lowest BCUT2D eigenvalue weighted by molar-refractivity contribution is 0.231. The monoisotopic (exact) mass is 345 g/mol. The van der Waals surface area contributed by atoms with Crippen molar-refractivity contribution in [2.75, 3.05) is 19.3 Å². The van der Waals surface area contributed by atoms with Crippen LogP contribution < -0.4 is 0 Å². The lowest BCUT2D eigenvalue weighted by atomic mass is 9.78. The summed E-state index contributed by atoms with van der Waals surface area (Å²) in [6, 6.07) is 3.33. The van der Waals surface area contributed by atoms with E-state index in [0.717, 1.165) is 6.07 Å². The first-order valence-corrected chi connectivity index (χ1v) is 9.29. The lowest BCUT2D eigenvalue weighted by Gasteiger charge is -2.35. The van der Waals surface area contributed by atoms with E-state index >= 15 is 0 Å². The fourth-order valence-corrected chi connectivity index (χ4v) is 4.08. The van der Waals surface area contributed by atoms with Crippen molar-refractivity contribution in [1.82, 2.24) is 4.31 Å². The number of nitrogens with zero attached hydrogens (tertiary/aromatic N) is 1. The number of hydrogen-bond acceptors (Lipinski definition) is 3. The van der Waals surface area contributed by atoms with E-state index in [1.54, 1.807) is 0 Å². The molecule has 1 atom stereocenters. The smallest absolute Gasteiger partial charge is 0.211 e. The van der Waals surface area contributed by atoms with Gasteiger partial charge < -0.3 is 5.11 Å². The maximum Gasteiger partial charge on any atom is 0.211 e. The van der Waals surface area contributed by atoms with Gasteiger partial charge in [0.2, 0.25) is 10.0 Å². The summed E-state index contributed by atoms with van der Waals surface area (Å²) in [6.45, 7) is 4.22. The van der Waals surface area contributed by atoms with Crippen molar-refractivity contribution in [3.63, 3.8) is 0 Å². The Kier molecular flexibility index (Phi) is 5.41. The zero-order valence-electron chi connectivity index (χ0n) is 13.0. The number of aliphatic hydroxyl groups is 1. The zero-order valence-corrected chi connectivity index (χ0v) is 13.8. The molecular formula is C16H21F2NO3S. The largest absolute Gasteiger partial charge is 0.513 e. The highest BCUT2D eigenvalue weighted by molar-refractivity contribution is 7.88. The minimum atomic E-state index is -3.23. The van der Waals surface area contributed by atoms with Gasteiger partial charge in [-0.3, -0.25) is 0 Å². The van der Waals surface area contributed by atoms with Crippen LogP contribution >= 0.6 is 0 Å². The van der Waals surface area contributed by atoms with Crippen LogP contribution in [0.5, 0.6) is 0 Å². The summed E-state index contributed by atoms with van der Waals surface area (Å²) in [5, 5.41) is 9.55. The molecule has 0 spiro atoms. The number of hydrogen-bond donors (Lipinski definition) is 1. The predicted octanol–water partition coefficient (Wildman–Crippen LogP) is 3.18. The topological polar surface area (TPSA) is 57.6 Å². The molecule has 0 bridgehead atoms. The molecule has 128 valence electrons. The van der Waals surface area contributed by atoms with Crippen LogP contribution in [-0.4, -0.2) is 37.2 Å². The van der Waals surface area contributed by atoms with Gasteiger partial charge in [0, 0.05) is 25.6 Å². The number of piperidine rings is 1. The van der Waals surface area contributed by atoms with Crippen molar-refractivity contribution in [1.29, 1.82) is 0 Å². The molecule has 2 rings (SSSR count). The van der Waals surface area contributed by atoms with Crippen LogP contribution in [0.4, 0.5) is 8.78 Å². The average Bonchev–Trinajstić information content (AvgIpc) is 2.42. The Morgan fingerprint density at radius 2 is 1.83 bits per heavy atom. The highest BCUT2D eigenvalue weighted by Crippen LogP contribution is 2.37. The minimum absolute atomic E-state index is 0.0260. The van der Waals surface area contributed by atoms with E-state index in [9.17, 15) is 22.3 Å². The molecule has 1 aromatic carbocycles. The second-order valence-electron chi connectivity index (χ2n) is 6.08. The fraction of sp³-hybridized carbons (Fsp3) is 0.500. The van der Waals surface area contributed by atoms with Crippen LogP contribution in [0.2, 0.25) is 0 Å². The summed E-state index contributed by atoms with van der Waals surface area (Å²) >= 11 is 0. The number of aliphatic hydroxyl groups excluding tert-OH is 1. The number of rotatable bonds is 5. The van der Waals surface area contributed by atoms with Gasteiger partial charge in [0.1, 0.15) is 11.6 Å². The summed E-state index contributed by atoms with van der Waals surface area (Å²) in [4.78, 5) is 0. The molecule has 1 heterocycles. The number of halogens is 2. The Morgan fingerprint density at radius 1 is 1.30 bits per heavy atom. The third-order valence-electron chi connectivity index (χ3n) is 4.31. The number of sulfonamides is 1. The molecule has 0 saturated carbocycles. The van der Waals surface area contributed by atoms with Crippen molar-refractivity contribution in [3.8, 4) is 0 Å². The van der Waals surface area contributed by atoms with Crippen molar-refractivity contribution in [2.45, 2.75) is 25.2 Å². The van der Waals surface area contributed by atoms with E-state index < -0.39 is 21.7 Å². The maximum atomic E-state index is 13.5. The van der Waals surface area contributed by atoms with Gasteiger partial charge in [-0.1, -0.05) is 6.58 Å². The van der Waals surface area contributed by atoms with Crippen LogP contribution in [0.3, 0.4) is 0 Å². The molecule has 1 aliphatic heterocycles. The van der Waals surface area contributed by atoms with Crippen molar-refractivity contribution in [3.05, 3.63) is 47.7 Å². The molecular weight excluding hydrogens is 324 g/mol. The molecule has 7 heteroatoms. The Balaban J connectivity index is 2.21. The van der Waals surface area contributed by atoms with Gasteiger partial charge in [-0.15, -0.1) is 0 Å². The Morgan fingerprint density at radius 3 is 2.26 bits per heavy atom. The van der Waals surface area contributed by atoms with Gasteiger partial charge in [-0.05, 0) is 42.4 Å². The molecule has 1 fully saturated rings. The predicted molar refractivity (Wildman–Crippen MR) is 84.6 cm³/mol. The van der Waals surface area contributed by atoms with Crippen molar-refractivity contribution < 1.29 is 22.3 Å². The van der Waals surface area contributed by atoms with Crippen molar-refractivity contribution >= 4 is 10.0 Å². The van der Waals surface area contributed by atoms with Gasteiger partial charge >= 0.3 is 0 Å².